The van der Waals surface area contributed by atoms with E-state index in [2.05, 4.69) is 5.32 Å². The van der Waals surface area contributed by atoms with Crippen LogP contribution in [0.4, 0.5) is 0 Å². The third-order valence-corrected chi connectivity index (χ3v) is 6.45. The van der Waals surface area contributed by atoms with Crippen LogP contribution in [0.15, 0.2) is 59.5 Å². The van der Waals surface area contributed by atoms with Crippen molar-refractivity contribution in [2.75, 3.05) is 13.1 Å². The Labute approximate surface area is 161 Å². The summed E-state index contributed by atoms with van der Waals surface area (Å²) in [5, 5.41) is 2.82. The minimum absolute atomic E-state index is 0.147. The van der Waals surface area contributed by atoms with E-state index < -0.39 is 10.0 Å². The molecule has 6 nitrogen and oxygen atoms in total. The molecule has 0 aromatic heterocycles. The summed E-state index contributed by atoms with van der Waals surface area (Å²) < 4.78 is 26.4. The molecule has 2 rings (SSSR count). The van der Waals surface area contributed by atoms with Crippen LogP contribution in [0.3, 0.4) is 0 Å². The molecule has 2 aromatic carbocycles. The molecule has 146 valence electrons. The van der Waals surface area contributed by atoms with E-state index in [1.807, 2.05) is 44.2 Å². The predicted molar refractivity (Wildman–Crippen MR) is 106 cm³/mol. The highest BCUT2D eigenvalue weighted by Crippen LogP contribution is 2.16. The summed E-state index contributed by atoms with van der Waals surface area (Å²) >= 11 is 0. The molecule has 0 fully saturated rings. The number of rotatable bonds is 9. The molecule has 0 heterocycles. The second kappa shape index (κ2) is 9.64. The van der Waals surface area contributed by atoms with Crippen molar-refractivity contribution in [1.82, 2.24) is 9.62 Å². The van der Waals surface area contributed by atoms with E-state index in [0.29, 0.717) is 19.6 Å². The molecule has 0 saturated heterocycles. The molecule has 3 N–H and O–H groups in total. The Hall–Kier alpha value is -2.22. The Balaban J connectivity index is 1.92. The topological polar surface area (TPSA) is 92.5 Å². The number of amides is 1. The first kappa shape index (κ1) is 21.1. The van der Waals surface area contributed by atoms with Gasteiger partial charge in [-0.1, -0.05) is 56.3 Å². The van der Waals surface area contributed by atoms with Gasteiger partial charge in [-0.2, -0.15) is 4.31 Å². The number of nitrogens with one attached hydrogen (secondary N) is 1. The fourth-order valence-corrected chi connectivity index (χ4v) is 4.24. The third kappa shape index (κ3) is 5.63. The van der Waals surface area contributed by atoms with Crippen molar-refractivity contribution in [3.63, 3.8) is 0 Å². The molecule has 27 heavy (non-hydrogen) atoms. The van der Waals surface area contributed by atoms with Gasteiger partial charge in [-0.3, -0.25) is 4.79 Å². The summed E-state index contributed by atoms with van der Waals surface area (Å²) in [6.07, 6.45) is 0.193. The lowest BCUT2D eigenvalue weighted by Crippen LogP contribution is -2.30. The number of benzene rings is 2. The number of carbonyl (C=O) groups is 1. The summed E-state index contributed by atoms with van der Waals surface area (Å²) in [5.41, 5.74) is 7.80. The van der Waals surface area contributed by atoms with Gasteiger partial charge < -0.3 is 11.1 Å². The van der Waals surface area contributed by atoms with Crippen LogP contribution >= 0.6 is 0 Å². The van der Waals surface area contributed by atoms with E-state index in [1.54, 1.807) is 24.3 Å². The second-order valence-electron chi connectivity index (χ2n) is 6.23. The maximum atomic E-state index is 12.5. The minimum atomic E-state index is -3.47. The Bertz CT molecular complexity index is 833. The maximum absolute atomic E-state index is 12.5. The van der Waals surface area contributed by atoms with E-state index in [9.17, 15) is 13.2 Å². The molecule has 0 spiro atoms. The smallest absolute Gasteiger partial charge is 0.243 e. The number of sulfonamides is 1. The fourth-order valence-electron chi connectivity index (χ4n) is 2.78. The highest BCUT2D eigenvalue weighted by atomic mass is 32.2. The molecule has 0 bridgehead atoms. The third-order valence-electron chi connectivity index (χ3n) is 4.39. The molecule has 0 aliphatic rings. The van der Waals surface area contributed by atoms with Crippen LogP contribution in [0.2, 0.25) is 0 Å². The average molecular weight is 390 g/mol. The Morgan fingerprint density at radius 2 is 1.63 bits per heavy atom. The number of carbonyl (C=O) groups excluding carboxylic acids is 1. The van der Waals surface area contributed by atoms with Crippen LogP contribution in [0.1, 0.15) is 37.4 Å². The SMILES string of the molecule is CCN(CC)S(=O)(=O)c1ccc(CNC(=O)CC(N)c2ccccc2)cc1. The van der Waals surface area contributed by atoms with Gasteiger partial charge in [-0.25, -0.2) is 8.42 Å². The van der Waals surface area contributed by atoms with Crippen LogP contribution in [0.25, 0.3) is 0 Å². The van der Waals surface area contributed by atoms with Crippen molar-refractivity contribution < 1.29 is 13.2 Å². The molecule has 0 radical (unpaired) electrons. The lowest BCUT2D eigenvalue weighted by atomic mass is 10.0. The summed E-state index contributed by atoms with van der Waals surface area (Å²) in [5.74, 6) is -0.147. The summed E-state index contributed by atoms with van der Waals surface area (Å²) in [4.78, 5) is 12.4. The van der Waals surface area contributed by atoms with Crippen molar-refractivity contribution in [3.8, 4) is 0 Å². The maximum Gasteiger partial charge on any atom is 0.243 e. The van der Waals surface area contributed by atoms with E-state index in [0.717, 1.165) is 11.1 Å². The normalized spacial score (nSPS) is 12.7. The van der Waals surface area contributed by atoms with Gasteiger partial charge in [0.15, 0.2) is 0 Å². The van der Waals surface area contributed by atoms with Crippen LogP contribution in [-0.4, -0.2) is 31.7 Å². The molecule has 1 amide bonds. The number of nitrogens with zero attached hydrogens (tertiary/aromatic N) is 1. The molecule has 1 unspecified atom stereocenters. The van der Waals surface area contributed by atoms with Gasteiger partial charge in [0.05, 0.1) is 4.90 Å². The molecule has 0 aliphatic heterocycles. The number of hydrogen-bond donors (Lipinski definition) is 2. The lowest BCUT2D eigenvalue weighted by Gasteiger charge is -2.18. The van der Waals surface area contributed by atoms with Gasteiger partial charge in [-0.15, -0.1) is 0 Å². The first-order valence-electron chi connectivity index (χ1n) is 9.04. The summed E-state index contributed by atoms with van der Waals surface area (Å²) in [6, 6.07) is 15.7. The highest BCUT2D eigenvalue weighted by Gasteiger charge is 2.21. The van der Waals surface area contributed by atoms with Gasteiger partial charge in [-0.05, 0) is 23.3 Å². The monoisotopic (exact) mass is 389 g/mol. The van der Waals surface area contributed by atoms with Gasteiger partial charge in [0.1, 0.15) is 0 Å². The van der Waals surface area contributed by atoms with E-state index in [1.165, 1.54) is 4.31 Å². The zero-order valence-electron chi connectivity index (χ0n) is 15.8. The fraction of sp³-hybridized carbons (Fsp3) is 0.350. The second-order valence-corrected chi connectivity index (χ2v) is 8.17. The van der Waals surface area contributed by atoms with Gasteiger partial charge in [0, 0.05) is 32.1 Å². The Morgan fingerprint density at radius 1 is 1.04 bits per heavy atom. The van der Waals surface area contributed by atoms with Gasteiger partial charge >= 0.3 is 0 Å². The van der Waals surface area contributed by atoms with Crippen LogP contribution in [0.5, 0.6) is 0 Å². The minimum Gasteiger partial charge on any atom is -0.352 e. The number of nitrogens with two attached hydrogens (primary N) is 1. The molecule has 0 saturated carbocycles. The molecule has 1 atom stereocenters. The van der Waals surface area contributed by atoms with Crippen molar-refractivity contribution in [3.05, 3.63) is 65.7 Å². The van der Waals surface area contributed by atoms with Crippen molar-refractivity contribution >= 4 is 15.9 Å². The lowest BCUT2D eigenvalue weighted by molar-refractivity contribution is -0.121. The largest absolute Gasteiger partial charge is 0.352 e. The van der Waals surface area contributed by atoms with Crippen LogP contribution in [0, 0.1) is 0 Å². The van der Waals surface area contributed by atoms with Crippen molar-refractivity contribution in [2.24, 2.45) is 5.73 Å². The van der Waals surface area contributed by atoms with Crippen LogP contribution in [-0.2, 0) is 21.4 Å². The zero-order valence-corrected chi connectivity index (χ0v) is 16.6. The highest BCUT2D eigenvalue weighted by molar-refractivity contribution is 7.89. The van der Waals surface area contributed by atoms with Crippen molar-refractivity contribution in [2.45, 2.75) is 37.8 Å². The van der Waals surface area contributed by atoms with E-state index in [4.69, 9.17) is 5.73 Å². The average Bonchev–Trinajstić information content (AvgIpc) is 2.68. The van der Waals surface area contributed by atoms with E-state index >= 15 is 0 Å². The van der Waals surface area contributed by atoms with Gasteiger partial charge in [0.25, 0.3) is 0 Å². The van der Waals surface area contributed by atoms with Crippen LogP contribution < -0.4 is 11.1 Å². The zero-order chi connectivity index (χ0) is 19.9. The molecular formula is C20H27N3O3S. The first-order chi connectivity index (χ1) is 12.9. The van der Waals surface area contributed by atoms with Crippen molar-refractivity contribution in [1.29, 1.82) is 0 Å². The molecular weight excluding hydrogens is 362 g/mol. The standard InChI is InChI=1S/C20H27N3O3S/c1-3-23(4-2)27(25,26)18-12-10-16(11-13-18)15-22-20(24)14-19(21)17-8-6-5-7-9-17/h5-13,19H,3-4,14-15,21H2,1-2H3,(H,22,24). The Morgan fingerprint density at radius 3 is 2.19 bits per heavy atom. The molecule has 7 heteroatoms. The summed E-state index contributed by atoms with van der Waals surface area (Å²) in [6.45, 7) is 4.80. The summed E-state index contributed by atoms with van der Waals surface area (Å²) in [7, 11) is -3.47. The first-order valence-corrected chi connectivity index (χ1v) is 10.5. The molecule has 2 aromatic rings. The Kier molecular flexibility index (Phi) is 7.53. The van der Waals surface area contributed by atoms with E-state index in [-0.39, 0.29) is 23.3 Å². The predicted octanol–water partition coefficient (Wildman–Crippen LogP) is 2.42. The van der Waals surface area contributed by atoms with Gasteiger partial charge in [0.2, 0.25) is 15.9 Å². The number of hydrogen-bond acceptors (Lipinski definition) is 4. The molecule has 0 aliphatic carbocycles. The quantitative estimate of drug-likeness (QED) is 0.689.